The second-order valence-corrected chi connectivity index (χ2v) is 9.88. The zero-order valence-electron chi connectivity index (χ0n) is 11.5. The summed E-state index contributed by atoms with van der Waals surface area (Å²) in [4.78, 5) is 5.86. The van der Waals surface area contributed by atoms with Crippen molar-refractivity contribution in [2.75, 3.05) is 11.8 Å². The molecule has 0 spiro atoms. The van der Waals surface area contributed by atoms with Gasteiger partial charge in [0.05, 0.1) is 21.4 Å². The van der Waals surface area contributed by atoms with Gasteiger partial charge < -0.3 is 5.09 Å². The van der Waals surface area contributed by atoms with E-state index in [0.717, 1.165) is 25.0 Å². The van der Waals surface area contributed by atoms with Crippen molar-refractivity contribution in [3.8, 4) is 0 Å². The lowest BCUT2D eigenvalue weighted by molar-refractivity contribution is 0.587. The van der Waals surface area contributed by atoms with Crippen molar-refractivity contribution in [1.82, 2.24) is 4.98 Å². The summed E-state index contributed by atoms with van der Waals surface area (Å²) >= 11 is 13.7. The van der Waals surface area contributed by atoms with Gasteiger partial charge in [0.1, 0.15) is 0 Å². The summed E-state index contributed by atoms with van der Waals surface area (Å²) in [6.07, 6.45) is 4.39. The lowest BCUT2D eigenvalue weighted by Crippen LogP contribution is -2.11. The maximum Gasteiger partial charge on any atom is 0.223 e. The molecule has 0 radical (unpaired) electrons. The molecule has 0 bridgehead atoms. The van der Waals surface area contributed by atoms with Gasteiger partial charge in [0.25, 0.3) is 0 Å². The van der Waals surface area contributed by atoms with Gasteiger partial charge in [-0.15, -0.1) is 11.3 Å². The number of nitrogens with zero attached hydrogens (tertiary/aromatic N) is 1. The highest BCUT2D eigenvalue weighted by Gasteiger charge is 2.27. The van der Waals surface area contributed by atoms with Crippen LogP contribution in [0.15, 0.2) is 18.2 Å². The number of nitrogens with one attached hydrogen (secondary N) is 1. The molecular formula is C14H15Cl2N2OPS. The minimum atomic E-state index is -2.80. The van der Waals surface area contributed by atoms with E-state index >= 15 is 0 Å². The zero-order valence-corrected chi connectivity index (χ0v) is 14.8. The average Bonchev–Trinajstić information content (AvgIpc) is 2.88. The molecular weight excluding hydrogens is 346 g/mol. The first-order valence-electron chi connectivity index (χ1n) is 6.76. The van der Waals surface area contributed by atoms with Gasteiger partial charge in [0, 0.05) is 11.5 Å². The smallest absolute Gasteiger partial charge is 0.223 e. The van der Waals surface area contributed by atoms with Crippen LogP contribution in [-0.4, -0.2) is 11.6 Å². The fraction of sp³-hybridized carbons (Fsp3) is 0.357. The minimum Gasteiger partial charge on any atom is -0.330 e. The molecule has 7 heteroatoms. The first-order valence-corrected chi connectivity index (χ1v) is 10.5. The summed E-state index contributed by atoms with van der Waals surface area (Å²) in [6, 6.07) is 5.26. The minimum absolute atomic E-state index is 0.391. The Kier molecular flexibility index (Phi) is 4.33. The molecule has 0 fully saturated rings. The van der Waals surface area contributed by atoms with Crippen molar-refractivity contribution < 1.29 is 4.57 Å². The number of benzene rings is 1. The average molecular weight is 361 g/mol. The van der Waals surface area contributed by atoms with Crippen molar-refractivity contribution in [3.05, 3.63) is 38.8 Å². The Morgan fingerprint density at radius 3 is 2.81 bits per heavy atom. The van der Waals surface area contributed by atoms with Crippen LogP contribution in [0.5, 0.6) is 0 Å². The number of aryl methyl sites for hydroxylation is 2. The number of fused-ring (bicyclic) bond motifs is 1. The van der Waals surface area contributed by atoms with E-state index in [1.54, 1.807) is 36.2 Å². The molecule has 112 valence electrons. The highest BCUT2D eigenvalue weighted by atomic mass is 35.5. The maximum atomic E-state index is 13.0. The van der Waals surface area contributed by atoms with Crippen molar-refractivity contribution in [2.45, 2.75) is 25.7 Å². The molecule has 1 aromatic heterocycles. The van der Waals surface area contributed by atoms with E-state index in [-0.39, 0.29) is 0 Å². The second-order valence-electron chi connectivity index (χ2n) is 5.21. The van der Waals surface area contributed by atoms with Crippen LogP contribution in [0.4, 0.5) is 5.69 Å². The molecule has 1 N–H and O–H groups in total. The molecule has 1 aromatic carbocycles. The lowest BCUT2D eigenvalue weighted by atomic mass is 10.0. The van der Waals surface area contributed by atoms with Crippen molar-refractivity contribution >= 4 is 52.3 Å². The summed E-state index contributed by atoms with van der Waals surface area (Å²) in [5, 5.41) is 3.88. The van der Waals surface area contributed by atoms with Crippen LogP contribution in [0.3, 0.4) is 0 Å². The van der Waals surface area contributed by atoms with E-state index in [1.807, 2.05) is 0 Å². The number of thiazole rings is 1. The first kappa shape index (κ1) is 15.4. The Morgan fingerprint density at radius 2 is 2.05 bits per heavy atom. The third-order valence-corrected chi connectivity index (χ3v) is 8.08. The van der Waals surface area contributed by atoms with Gasteiger partial charge in [-0.25, -0.2) is 4.98 Å². The molecule has 0 unspecified atom stereocenters. The van der Waals surface area contributed by atoms with Crippen molar-refractivity contribution in [1.29, 1.82) is 0 Å². The quantitative estimate of drug-likeness (QED) is 0.785. The molecule has 2 aromatic rings. The molecule has 1 atom stereocenters. The molecule has 3 rings (SSSR count). The van der Waals surface area contributed by atoms with Crippen molar-refractivity contribution in [3.63, 3.8) is 0 Å². The van der Waals surface area contributed by atoms with Crippen LogP contribution in [0.1, 0.15) is 23.4 Å². The Morgan fingerprint density at radius 1 is 1.29 bits per heavy atom. The van der Waals surface area contributed by atoms with Gasteiger partial charge >= 0.3 is 0 Å². The standard InChI is InChI=1S/C14H15Cl2N2OPS/c1-20(19,18-11-7-4-5-9(15)13(11)16)14-17-10-6-2-3-8-12(10)21-14/h4-5,7H,2-3,6,8H2,1H3,(H,18,19)/t20-/m1/s1. The van der Waals surface area contributed by atoms with Crippen molar-refractivity contribution in [2.24, 2.45) is 0 Å². The Hall–Kier alpha value is -0.540. The first-order chi connectivity index (χ1) is 9.97. The molecule has 1 heterocycles. The number of anilines is 1. The van der Waals surface area contributed by atoms with Crippen LogP contribution in [0, 0.1) is 0 Å². The van der Waals surface area contributed by atoms with Gasteiger partial charge in [-0.05, 0) is 37.8 Å². The number of rotatable bonds is 3. The molecule has 0 saturated heterocycles. The van der Waals surface area contributed by atoms with E-state index < -0.39 is 7.29 Å². The largest absolute Gasteiger partial charge is 0.330 e. The summed E-state index contributed by atoms with van der Waals surface area (Å²) in [6.45, 7) is 1.69. The third kappa shape index (κ3) is 3.14. The summed E-state index contributed by atoms with van der Waals surface area (Å²) < 4.78 is 13.7. The molecule has 21 heavy (non-hydrogen) atoms. The van der Waals surface area contributed by atoms with E-state index in [1.165, 1.54) is 11.3 Å². The topological polar surface area (TPSA) is 42.0 Å². The molecule has 0 aliphatic heterocycles. The predicted octanol–water partition coefficient (Wildman–Crippen LogP) is 4.97. The third-order valence-electron chi connectivity index (χ3n) is 3.48. The Labute approximate surface area is 138 Å². The number of hydrogen-bond acceptors (Lipinski definition) is 3. The molecule has 0 saturated carbocycles. The van der Waals surface area contributed by atoms with Crippen LogP contribution in [0.25, 0.3) is 0 Å². The number of hydrogen-bond donors (Lipinski definition) is 1. The number of halogens is 2. The Bertz CT molecular complexity index is 708. The highest BCUT2D eigenvalue weighted by Crippen LogP contribution is 2.45. The molecule has 1 aliphatic carbocycles. The van der Waals surface area contributed by atoms with Gasteiger partial charge in [0.2, 0.25) is 7.29 Å². The zero-order chi connectivity index (χ0) is 15.0. The fourth-order valence-corrected chi connectivity index (χ4v) is 5.91. The van der Waals surface area contributed by atoms with Crippen LogP contribution in [0.2, 0.25) is 10.0 Å². The van der Waals surface area contributed by atoms with E-state index in [0.29, 0.717) is 20.5 Å². The summed E-state index contributed by atoms with van der Waals surface area (Å²) in [5.41, 5.74) is 1.70. The van der Waals surface area contributed by atoms with E-state index in [2.05, 4.69) is 10.1 Å². The SMILES string of the molecule is C[P@](=O)(Nc1cccc(Cl)c1Cl)c1nc2c(s1)CCCC2. The van der Waals surface area contributed by atoms with E-state index in [4.69, 9.17) is 23.2 Å². The van der Waals surface area contributed by atoms with Crippen LogP contribution in [-0.2, 0) is 17.4 Å². The molecule has 0 amide bonds. The fourth-order valence-electron chi connectivity index (χ4n) is 2.39. The summed E-state index contributed by atoms with van der Waals surface area (Å²) in [7, 11) is -2.80. The van der Waals surface area contributed by atoms with Gasteiger partial charge in [-0.1, -0.05) is 29.3 Å². The monoisotopic (exact) mass is 360 g/mol. The van der Waals surface area contributed by atoms with Gasteiger partial charge in [-0.2, -0.15) is 0 Å². The molecule has 3 nitrogen and oxygen atoms in total. The van der Waals surface area contributed by atoms with Gasteiger partial charge in [0.15, 0.2) is 4.75 Å². The summed E-state index contributed by atoms with van der Waals surface area (Å²) in [5.74, 6) is 0. The lowest BCUT2D eigenvalue weighted by Gasteiger charge is -2.15. The molecule has 1 aliphatic rings. The number of aromatic nitrogens is 1. The van der Waals surface area contributed by atoms with Crippen LogP contribution >= 0.6 is 41.8 Å². The van der Waals surface area contributed by atoms with Crippen LogP contribution < -0.4 is 9.84 Å². The predicted molar refractivity (Wildman–Crippen MR) is 92.0 cm³/mol. The van der Waals surface area contributed by atoms with E-state index in [9.17, 15) is 4.57 Å². The second kappa shape index (κ2) is 5.92. The Balaban J connectivity index is 1.91. The normalized spacial score (nSPS) is 17.1. The maximum absolute atomic E-state index is 13.0. The van der Waals surface area contributed by atoms with Gasteiger partial charge in [-0.3, -0.25) is 4.57 Å². The highest BCUT2D eigenvalue weighted by molar-refractivity contribution is 7.77.